The van der Waals surface area contributed by atoms with E-state index in [4.69, 9.17) is 35.3 Å². The van der Waals surface area contributed by atoms with Crippen LogP contribution in [-0.4, -0.2) is 91.0 Å². The first-order valence-electron chi connectivity index (χ1n) is 28.4. The number of nitrogens with zero attached hydrogens (tertiary/aromatic N) is 11. The molecule has 1 aliphatic rings. The Hall–Kier alpha value is -9.95. The average Bonchev–Trinajstić information content (AvgIpc) is 1.90. The number of halogens is 1. The molecule has 0 aliphatic carbocycles. The molecule has 0 radical (unpaired) electrons. The predicted molar refractivity (Wildman–Crippen MR) is 339 cm³/mol. The van der Waals surface area contributed by atoms with Crippen LogP contribution in [0, 0.1) is 60.7 Å². The highest BCUT2D eigenvalue weighted by Crippen LogP contribution is 2.36. The summed E-state index contributed by atoms with van der Waals surface area (Å²) in [5, 5.41) is 36.8. The second-order valence-electron chi connectivity index (χ2n) is 21.9. The summed E-state index contributed by atoms with van der Waals surface area (Å²) in [6.45, 7) is 24.2. The zero-order chi connectivity index (χ0) is 64.6. The standard InChI is InChI=1S/2C19H20N4O2.C18H20N4O2.C9H13ClN2O2/c1-11(2)16-17(21-19(25-5)22-18(16)24-4)23-7-6-14-13(10-20)8-12(3)9-15(14)23;1-5-22-18(16(11(2)3)17(24)21-19(22)25)23-7-6-14-13(10-20)8-12(4)9-15(14)23;1-10(2)15-16(20-18(23)21-17(15)24-4)22-6-5-13-12(9-19)7-11(3)8-14(13)22;1-5(2)6-7(10)11-9(14-4)12-8(6)13-3/h6-9,11H,1-5H3;6-9,11H,5H2,1-4H3,(H,21,24,25);5-8,10,17H,1-4H3,(H2,20,21,23);5H,1-4H3. The summed E-state index contributed by atoms with van der Waals surface area (Å²) in [6, 6.07) is 24.1. The van der Waals surface area contributed by atoms with Crippen LogP contribution in [-0.2, 0) is 11.3 Å². The van der Waals surface area contributed by atoms with Crippen LogP contribution >= 0.6 is 11.6 Å². The van der Waals surface area contributed by atoms with E-state index in [-0.39, 0.29) is 47.3 Å². The Bertz CT molecular complexity index is 4390. The smallest absolute Gasteiger partial charge is 0.329 e. The van der Waals surface area contributed by atoms with E-state index in [0.29, 0.717) is 63.2 Å². The minimum atomic E-state index is -0.480. The maximum absolute atomic E-state index is 12.5. The van der Waals surface area contributed by atoms with Gasteiger partial charge in [-0.3, -0.25) is 19.7 Å². The Morgan fingerprint density at radius 1 is 0.580 bits per heavy atom. The number of fused-ring (bicyclic) bond motifs is 3. The minimum absolute atomic E-state index is 0.0603. The van der Waals surface area contributed by atoms with Crippen molar-refractivity contribution in [1.82, 2.24) is 53.8 Å². The summed E-state index contributed by atoms with van der Waals surface area (Å²) in [5.74, 6) is 3.37. The first kappa shape index (κ1) is 65.6. The summed E-state index contributed by atoms with van der Waals surface area (Å²) in [6.07, 6.45) is 5.13. The number of hydrogen-bond donors (Lipinski definition) is 3. The fourth-order valence-electron chi connectivity index (χ4n) is 10.6. The zero-order valence-electron chi connectivity index (χ0n) is 52.6. The van der Waals surface area contributed by atoms with Crippen molar-refractivity contribution in [1.29, 1.82) is 15.8 Å². The molecule has 0 bridgehead atoms. The molecule has 7 heterocycles. The maximum Gasteiger partial charge on any atom is 0.329 e. The van der Waals surface area contributed by atoms with Gasteiger partial charge in [0.1, 0.15) is 16.8 Å². The monoisotopic (exact) mass is 1210 g/mol. The van der Waals surface area contributed by atoms with Gasteiger partial charge in [0.2, 0.25) is 11.8 Å². The minimum Gasteiger partial charge on any atom is -0.481 e. The summed E-state index contributed by atoms with van der Waals surface area (Å²) < 4.78 is 33.5. The highest BCUT2D eigenvalue weighted by molar-refractivity contribution is 6.30. The van der Waals surface area contributed by atoms with E-state index >= 15 is 0 Å². The van der Waals surface area contributed by atoms with Crippen molar-refractivity contribution in [3.63, 3.8) is 0 Å². The summed E-state index contributed by atoms with van der Waals surface area (Å²) in [4.78, 5) is 56.1. The van der Waals surface area contributed by atoms with Crippen LogP contribution in [0.1, 0.15) is 130 Å². The lowest BCUT2D eigenvalue weighted by Crippen LogP contribution is -2.50. The van der Waals surface area contributed by atoms with Gasteiger partial charge in [0, 0.05) is 54.0 Å². The number of nitrogens with one attached hydrogen (secondary N) is 3. The lowest BCUT2D eigenvalue weighted by atomic mass is 10.00. The molecule has 6 aromatic heterocycles. The topological polar surface area (TPSA) is 280 Å². The van der Waals surface area contributed by atoms with Gasteiger partial charge in [0.25, 0.3) is 5.56 Å². The molecule has 0 spiro atoms. The number of nitriles is 3. The van der Waals surface area contributed by atoms with Gasteiger partial charge in [-0.2, -0.15) is 35.7 Å². The molecule has 22 nitrogen and oxygen atoms in total. The number of aromatic amines is 1. The molecule has 1 atom stereocenters. The third-order valence-corrected chi connectivity index (χ3v) is 14.8. The molecule has 3 aromatic carbocycles. The van der Waals surface area contributed by atoms with Gasteiger partial charge in [-0.15, -0.1) is 0 Å². The van der Waals surface area contributed by atoms with Gasteiger partial charge in [0.05, 0.1) is 96.6 Å². The van der Waals surface area contributed by atoms with Crippen molar-refractivity contribution in [2.24, 2.45) is 5.92 Å². The van der Waals surface area contributed by atoms with E-state index in [9.17, 15) is 30.2 Å². The Morgan fingerprint density at radius 3 is 1.45 bits per heavy atom. The number of carbonyl (C=O) groups is 1. The highest BCUT2D eigenvalue weighted by Gasteiger charge is 2.31. The first-order valence-corrected chi connectivity index (χ1v) is 28.8. The SMILES string of the molecule is CCn1c(-n2ccc3c(C#N)cc(C)cc32)c(C(C)C)c(=O)[nH]c1=O.COC1NC(=O)NC(n2ccc3c(C#N)cc(C)cc32)=C1C(C)C.COc1nc(Cl)c(C(C)C)c(OC)n1.COc1nc(OC)c(C(C)C)c(-n2ccc3c(C#N)cc(C)cc32)n1. The van der Waals surface area contributed by atoms with Crippen molar-refractivity contribution in [2.75, 3.05) is 35.5 Å². The molecular weight excluding hydrogens is 1140 g/mol. The quantitative estimate of drug-likeness (QED) is 0.0905. The molecular formula is C65H73ClN14O8. The Labute approximate surface area is 515 Å². The number of benzene rings is 3. The summed E-state index contributed by atoms with van der Waals surface area (Å²) in [7, 11) is 7.72. The number of amides is 2. The maximum atomic E-state index is 12.5. The fourth-order valence-corrected chi connectivity index (χ4v) is 11.0. The molecule has 23 heteroatoms. The van der Waals surface area contributed by atoms with Crippen LogP contribution < -0.4 is 40.8 Å². The number of hydrogen-bond acceptors (Lipinski definition) is 15. The van der Waals surface area contributed by atoms with Crippen LogP contribution in [0.5, 0.6) is 23.8 Å². The highest BCUT2D eigenvalue weighted by atomic mass is 35.5. The number of urea groups is 1. The molecule has 9 aromatic rings. The second kappa shape index (κ2) is 28.0. The van der Waals surface area contributed by atoms with E-state index in [1.165, 1.54) is 14.2 Å². The number of rotatable bonds is 13. The van der Waals surface area contributed by atoms with Crippen LogP contribution in [0.4, 0.5) is 4.79 Å². The second-order valence-corrected chi connectivity index (χ2v) is 22.2. The number of methoxy groups -OCH3 is 5. The normalized spacial score (nSPS) is 12.8. The van der Waals surface area contributed by atoms with E-state index in [1.807, 2.05) is 142 Å². The van der Waals surface area contributed by atoms with Crippen LogP contribution in [0.25, 0.3) is 50.2 Å². The molecule has 0 saturated heterocycles. The first-order chi connectivity index (χ1) is 41.9. The van der Waals surface area contributed by atoms with Crippen LogP contribution in [0.15, 0.2) is 88.4 Å². The summed E-state index contributed by atoms with van der Waals surface area (Å²) >= 11 is 5.98. The van der Waals surface area contributed by atoms with Gasteiger partial charge in [-0.25, -0.2) is 9.59 Å². The van der Waals surface area contributed by atoms with Gasteiger partial charge in [0.15, 0.2) is 12.0 Å². The molecule has 3 N–H and O–H groups in total. The Kier molecular flexibility index (Phi) is 20.9. The number of aromatic nitrogens is 9. The molecule has 10 rings (SSSR count). The predicted octanol–water partition coefficient (Wildman–Crippen LogP) is 11.7. The Morgan fingerprint density at radius 2 is 1.02 bits per heavy atom. The van der Waals surface area contributed by atoms with E-state index < -0.39 is 11.9 Å². The number of carbonyl (C=O) groups excluding carboxylic acids is 1. The van der Waals surface area contributed by atoms with E-state index in [0.717, 1.165) is 66.1 Å². The van der Waals surface area contributed by atoms with Crippen molar-refractivity contribution < 1.29 is 28.5 Å². The lowest BCUT2D eigenvalue weighted by Gasteiger charge is -2.31. The van der Waals surface area contributed by atoms with Crippen LogP contribution in [0.2, 0.25) is 5.15 Å². The van der Waals surface area contributed by atoms with E-state index in [1.54, 1.807) is 25.9 Å². The number of H-pyrrole nitrogens is 1. The van der Waals surface area contributed by atoms with Crippen molar-refractivity contribution >= 4 is 56.2 Å². The fraction of sp³-hybridized carbons (Fsp3) is 0.354. The average molecular weight is 1210 g/mol. The van der Waals surface area contributed by atoms with Gasteiger partial charge in [-0.05, 0) is 123 Å². The van der Waals surface area contributed by atoms with Crippen LogP contribution in [0.3, 0.4) is 0 Å². The zero-order valence-corrected chi connectivity index (χ0v) is 53.3. The van der Waals surface area contributed by atoms with Crippen molar-refractivity contribution in [3.05, 3.63) is 155 Å². The third-order valence-electron chi connectivity index (χ3n) is 14.5. The molecule has 1 unspecified atom stereocenters. The molecule has 2 amide bonds. The largest absolute Gasteiger partial charge is 0.481 e. The molecule has 0 fully saturated rings. The van der Waals surface area contributed by atoms with Gasteiger partial charge in [-0.1, -0.05) is 67.0 Å². The van der Waals surface area contributed by atoms with Gasteiger partial charge < -0.3 is 42.7 Å². The van der Waals surface area contributed by atoms with Crippen molar-refractivity contribution in [2.45, 2.75) is 114 Å². The Balaban J connectivity index is 0.000000171. The lowest BCUT2D eigenvalue weighted by molar-refractivity contribution is 0.0988. The third kappa shape index (κ3) is 13.4. The number of aryl methyl sites for hydroxylation is 3. The molecule has 88 heavy (non-hydrogen) atoms. The molecule has 458 valence electrons. The van der Waals surface area contributed by atoms with Crippen molar-refractivity contribution in [3.8, 4) is 53.6 Å². The number of ether oxygens (including phenoxy) is 5. The van der Waals surface area contributed by atoms with E-state index in [2.05, 4.69) is 81.5 Å². The van der Waals surface area contributed by atoms with Gasteiger partial charge >= 0.3 is 23.7 Å². The summed E-state index contributed by atoms with van der Waals surface area (Å²) in [5.41, 5.74) is 9.83. The molecule has 1 aliphatic heterocycles. The molecule has 0 saturated carbocycles.